The summed E-state index contributed by atoms with van der Waals surface area (Å²) in [5.74, 6) is -0.161. The van der Waals surface area contributed by atoms with Gasteiger partial charge in [0.2, 0.25) is 0 Å². The fraction of sp³-hybridized carbons (Fsp3) is 0.267. The maximum atomic E-state index is 13.7. The molecule has 0 saturated carbocycles. The van der Waals surface area contributed by atoms with Gasteiger partial charge in [-0.2, -0.15) is 0 Å². The van der Waals surface area contributed by atoms with E-state index in [-0.39, 0.29) is 11.9 Å². The Kier molecular flexibility index (Phi) is 4.05. The third-order valence-electron chi connectivity index (χ3n) is 3.11. The largest absolute Gasteiger partial charge is 0.311 e. The summed E-state index contributed by atoms with van der Waals surface area (Å²) in [5, 5.41) is 3.21. The lowest BCUT2D eigenvalue weighted by molar-refractivity contribution is 0.542. The smallest absolute Gasteiger partial charge is 0.126 e. The van der Waals surface area contributed by atoms with Gasteiger partial charge in [0, 0.05) is 6.20 Å². The minimum Gasteiger partial charge on any atom is -0.311 e. The third kappa shape index (κ3) is 2.74. The highest BCUT2D eigenvalue weighted by molar-refractivity contribution is 5.25. The van der Waals surface area contributed by atoms with Crippen molar-refractivity contribution in [3.8, 4) is 0 Å². The quantitative estimate of drug-likeness (QED) is 0.894. The van der Waals surface area contributed by atoms with E-state index >= 15 is 0 Å². The number of halogens is 1. The molecule has 0 aliphatic heterocycles. The first-order chi connectivity index (χ1) is 8.72. The molecule has 0 amide bonds. The summed E-state index contributed by atoms with van der Waals surface area (Å²) in [5.41, 5.74) is 2.80. The Bertz CT molecular complexity index is 525. The van der Waals surface area contributed by atoms with Crippen LogP contribution in [0.1, 0.15) is 22.9 Å². The fourth-order valence-electron chi connectivity index (χ4n) is 2.08. The van der Waals surface area contributed by atoms with Gasteiger partial charge in [0.25, 0.3) is 0 Å². The molecular weight excluding hydrogens is 227 g/mol. The molecule has 0 spiro atoms. The topological polar surface area (TPSA) is 24.9 Å². The van der Waals surface area contributed by atoms with Crippen molar-refractivity contribution in [2.45, 2.75) is 19.4 Å². The molecule has 2 rings (SSSR count). The van der Waals surface area contributed by atoms with E-state index < -0.39 is 0 Å². The van der Waals surface area contributed by atoms with Crippen molar-refractivity contribution in [3.63, 3.8) is 0 Å². The average molecular weight is 244 g/mol. The second kappa shape index (κ2) is 5.74. The van der Waals surface area contributed by atoms with Gasteiger partial charge in [-0.05, 0) is 43.7 Å². The van der Waals surface area contributed by atoms with Crippen molar-refractivity contribution in [2.75, 3.05) is 7.05 Å². The zero-order valence-electron chi connectivity index (χ0n) is 10.7. The van der Waals surface area contributed by atoms with Gasteiger partial charge in [-0.25, -0.2) is 4.39 Å². The minimum absolute atomic E-state index is 0.0306. The van der Waals surface area contributed by atoms with Gasteiger partial charge in [-0.3, -0.25) is 4.98 Å². The summed E-state index contributed by atoms with van der Waals surface area (Å²) in [6.45, 7) is 2.02. The van der Waals surface area contributed by atoms with E-state index in [4.69, 9.17) is 0 Å². The summed E-state index contributed by atoms with van der Waals surface area (Å²) in [6, 6.07) is 10.8. The first-order valence-electron chi connectivity index (χ1n) is 6.04. The maximum Gasteiger partial charge on any atom is 0.126 e. The molecule has 1 atom stereocenters. The van der Waals surface area contributed by atoms with Crippen molar-refractivity contribution in [1.29, 1.82) is 0 Å². The van der Waals surface area contributed by atoms with E-state index in [1.807, 2.05) is 38.2 Å². The number of hydrogen-bond acceptors (Lipinski definition) is 2. The molecule has 0 aliphatic rings. The summed E-state index contributed by atoms with van der Waals surface area (Å²) >= 11 is 0. The van der Waals surface area contributed by atoms with Crippen LogP contribution < -0.4 is 5.32 Å². The lowest BCUT2D eigenvalue weighted by atomic mass is 10.00. The number of nitrogens with zero attached hydrogens (tertiary/aromatic N) is 1. The monoisotopic (exact) mass is 244 g/mol. The van der Waals surface area contributed by atoms with E-state index in [1.54, 1.807) is 12.3 Å². The SMILES string of the molecule is CNC(Cc1ccccc1F)c1ncccc1C. The van der Waals surface area contributed by atoms with Gasteiger partial charge in [-0.1, -0.05) is 24.3 Å². The number of nitrogens with one attached hydrogen (secondary N) is 1. The van der Waals surface area contributed by atoms with E-state index in [1.165, 1.54) is 6.07 Å². The zero-order chi connectivity index (χ0) is 13.0. The minimum atomic E-state index is -0.161. The molecule has 2 nitrogen and oxygen atoms in total. The third-order valence-corrected chi connectivity index (χ3v) is 3.11. The Morgan fingerprint density at radius 1 is 1.22 bits per heavy atom. The highest BCUT2D eigenvalue weighted by Gasteiger charge is 2.15. The van der Waals surface area contributed by atoms with Gasteiger partial charge >= 0.3 is 0 Å². The van der Waals surface area contributed by atoms with Crippen LogP contribution in [0.2, 0.25) is 0 Å². The number of likely N-dealkylation sites (N-methyl/N-ethyl adjacent to an activating group) is 1. The lowest BCUT2D eigenvalue weighted by Gasteiger charge is -2.18. The summed E-state index contributed by atoms with van der Waals surface area (Å²) in [7, 11) is 1.87. The van der Waals surface area contributed by atoms with Crippen molar-refractivity contribution >= 4 is 0 Å². The van der Waals surface area contributed by atoms with E-state index in [9.17, 15) is 4.39 Å². The molecule has 0 aliphatic carbocycles. The van der Waals surface area contributed by atoms with Crippen LogP contribution in [0.5, 0.6) is 0 Å². The number of pyridine rings is 1. The number of aryl methyl sites for hydroxylation is 1. The second-order valence-corrected chi connectivity index (χ2v) is 4.34. The molecule has 0 radical (unpaired) electrons. The number of benzene rings is 1. The van der Waals surface area contributed by atoms with Gasteiger partial charge < -0.3 is 5.32 Å². The molecule has 1 heterocycles. The predicted molar refractivity (Wildman–Crippen MR) is 70.9 cm³/mol. The van der Waals surface area contributed by atoms with Crippen molar-refractivity contribution in [1.82, 2.24) is 10.3 Å². The fourth-order valence-corrected chi connectivity index (χ4v) is 2.08. The molecule has 0 fully saturated rings. The summed E-state index contributed by atoms with van der Waals surface area (Å²) < 4.78 is 13.7. The van der Waals surface area contributed by atoms with Crippen molar-refractivity contribution in [3.05, 3.63) is 65.2 Å². The van der Waals surface area contributed by atoms with Crippen LogP contribution in [0, 0.1) is 12.7 Å². The molecule has 3 heteroatoms. The Labute approximate surface area is 107 Å². The van der Waals surface area contributed by atoms with Crippen LogP contribution in [0.4, 0.5) is 4.39 Å². The maximum absolute atomic E-state index is 13.7. The van der Waals surface area contributed by atoms with E-state index in [2.05, 4.69) is 10.3 Å². The molecule has 18 heavy (non-hydrogen) atoms. The van der Waals surface area contributed by atoms with E-state index in [0.717, 1.165) is 11.3 Å². The van der Waals surface area contributed by atoms with Gasteiger partial charge in [0.15, 0.2) is 0 Å². The average Bonchev–Trinajstić information content (AvgIpc) is 2.39. The Morgan fingerprint density at radius 2 is 2.00 bits per heavy atom. The summed E-state index contributed by atoms with van der Waals surface area (Å²) in [6.07, 6.45) is 2.37. The van der Waals surface area contributed by atoms with Crippen LogP contribution in [0.15, 0.2) is 42.6 Å². The molecule has 1 aromatic heterocycles. The molecule has 2 aromatic rings. The highest BCUT2D eigenvalue weighted by atomic mass is 19.1. The second-order valence-electron chi connectivity index (χ2n) is 4.34. The van der Waals surface area contributed by atoms with Crippen LogP contribution in [-0.2, 0) is 6.42 Å². The first kappa shape index (κ1) is 12.7. The molecule has 0 bridgehead atoms. The van der Waals surface area contributed by atoms with Crippen molar-refractivity contribution < 1.29 is 4.39 Å². The molecular formula is C15H17FN2. The normalized spacial score (nSPS) is 12.4. The predicted octanol–water partition coefficient (Wildman–Crippen LogP) is 3.03. The lowest BCUT2D eigenvalue weighted by Crippen LogP contribution is -2.21. The summed E-state index contributed by atoms with van der Waals surface area (Å²) in [4.78, 5) is 4.39. The van der Waals surface area contributed by atoms with Crippen LogP contribution in [-0.4, -0.2) is 12.0 Å². The number of rotatable bonds is 4. The molecule has 0 saturated heterocycles. The Balaban J connectivity index is 2.26. The molecule has 1 unspecified atom stereocenters. The first-order valence-corrected chi connectivity index (χ1v) is 6.04. The van der Waals surface area contributed by atoms with Crippen LogP contribution in [0.3, 0.4) is 0 Å². The zero-order valence-corrected chi connectivity index (χ0v) is 10.7. The number of hydrogen-bond donors (Lipinski definition) is 1. The van der Waals surface area contributed by atoms with Gasteiger partial charge in [-0.15, -0.1) is 0 Å². The Morgan fingerprint density at radius 3 is 2.67 bits per heavy atom. The van der Waals surface area contributed by atoms with Crippen molar-refractivity contribution in [2.24, 2.45) is 0 Å². The Hall–Kier alpha value is -1.74. The van der Waals surface area contributed by atoms with Crippen LogP contribution >= 0.6 is 0 Å². The van der Waals surface area contributed by atoms with E-state index in [0.29, 0.717) is 12.0 Å². The van der Waals surface area contributed by atoms with Crippen LogP contribution in [0.25, 0.3) is 0 Å². The van der Waals surface area contributed by atoms with Gasteiger partial charge in [0.05, 0.1) is 11.7 Å². The van der Waals surface area contributed by atoms with Gasteiger partial charge in [0.1, 0.15) is 5.82 Å². The number of aromatic nitrogens is 1. The standard InChI is InChI=1S/C15H17FN2/c1-11-6-5-9-18-15(11)14(17-2)10-12-7-3-4-8-13(12)16/h3-9,14,17H,10H2,1-2H3. The highest BCUT2D eigenvalue weighted by Crippen LogP contribution is 2.20. The molecule has 1 aromatic carbocycles. The molecule has 1 N–H and O–H groups in total. The molecule has 94 valence electrons.